The molecule has 16 heavy (non-hydrogen) atoms. The van der Waals surface area contributed by atoms with E-state index in [0.29, 0.717) is 32.4 Å². The zero-order chi connectivity index (χ0) is 12.6. The Morgan fingerprint density at radius 1 is 1.19 bits per heavy atom. The summed E-state index contributed by atoms with van der Waals surface area (Å²) in [6.45, 7) is 6.76. The van der Waals surface area contributed by atoms with Gasteiger partial charge in [-0.05, 0) is 33.7 Å². The fraction of sp³-hybridized carbons (Fsp3) is 0.818. The summed E-state index contributed by atoms with van der Waals surface area (Å²) in [5, 5.41) is 3.05. The van der Waals surface area contributed by atoms with Crippen LogP contribution in [0.4, 0.5) is 0 Å². The van der Waals surface area contributed by atoms with Gasteiger partial charge in [-0.1, -0.05) is 0 Å². The Balaban J connectivity index is 3.38. The number of carbonyl (C=O) groups excluding carboxylic acids is 2. The molecule has 0 spiro atoms. The minimum atomic E-state index is -0.428. The van der Waals surface area contributed by atoms with E-state index in [1.165, 1.54) is 0 Å². The molecule has 0 fully saturated rings. The summed E-state index contributed by atoms with van der Waals surface area (Å²) in [5.41, 5.74) is 4.56. The van der Waals surface area contributed by atoms with Crippen LogP contribution in [0.15, 0.2) is 0 Å². The van der Waals surface area contributed by atoms with Crippen molar-refractivity contribution in [2.45, 2.75) is 45.6 Å². The summed E-state index contributed by atoms with van der Waals surface area (Å²) in [7, 11) is 0. The first-order valence-corrected chi connectivity index (χ1v) is 5.52. The van der Waals surface area contributed by atoms with Crippen molar-refractivity contribution < 1.29 is 14.3 Å². The van der Waals surface area contributed by atoms with E-state index in [2.05, 4.69) is 5.32 Å². The zero-order valence-electron chi connectivity index (χ0n) is 10.3. The molecule has 5 heteroatoms. The van der Waals surface area contributed by atoms with Gasteiger partial charge in [0, 0.05) is 13.0 Å². The molecular weight excluding hydrogens is 208 g/mol. The first-order chi connectivity index (χ1) is 7.31. The monoisotopic (exact) mass is 230 g/mol. The standard InChI is InChI=1S/C11H22N2O3/c1-11(2,3)16-10(15)6-8-13-7-4-5-9(12)14/h13H,4-8H2,1-3H3,(H2,12,14). The number of hydrogen-bond acceptors (Lipinski definition) is 4. The van der Waals surface area contributed by atoms with Crippen LogP contribution in [0.3, 0.4) is 0 Å². The molecular formula is C11H22N2O3. The van der Waals surface area contributed by atoms with Crippen molar-refractivity contribution in [2.24, 2.45) is 5.73 Å². The minimum absolute atomic E-state index is 0.213. The van der Waals surface area contributed by atoms with E-state index in [4.69, 9.17) is 10.5 Å². The smallest absolute Gasteiger partial charge is 0.307 e. The molecule has 94 valence electrons. The average molecular weight is 230 g/mol. The normalized spacial score (nSPS) is 11.2. The van der Waals surface area contributed by atoms with Gasteiger partial charge in [-0.2, -0.15) is 0 Å². The second kappa shape index (κ2) is 7.22. The van der Waals surface area contributed by atoms with Gasteiger partial charge < -0.3 is 15.8 Å². The number of rotatable bonds is 7. The molecule has 0 aliphatic carbocycles. The van der Waals surface area contributed by atoms with Crippen molar-refractivity contribution in [1.29, 1.82) is 0 Å². The quantitative estimate of drug-likeness (QED) is 0.495. The van der Waals surface area contributed by atoms with E-state index in [1.807, 2.05) is 20.8 Å². The van der Waals surface area contributed by atoms with E-state index < -0.39 is 5.60 Å². The zero-order valence-corrected chi connectivity index (χ0v) is 10.3. The van der Waals surface area contributed by atoms with Gasteiger partial charge in [-0.3, -0.25) is 9.59 Å². The van der Waals surface area contributed by atoms with Gasteiger partial charge in [0.1, 0.15) is 5.60 Å². The van der Waals surface area contributed by atoms with Crippen LogP contribution < -0.4 is 11.1 Å². The largest absolute Gasteiger partial charge is 0.460 e. The third kappa shape index (κ3) is 11.0. The predicted octanol–water partition coefficient (Wildman–Crippen LogP) is 0.573. The van der Waals surface area contributed by atoms with Crippen LogP contribution in [0.5, 0.6) is 0 Å². The van der Waals surface area contributed by atoms with Crippen molar-refractivity contribution in [3.05, 3.63) is 0 Å². The Kier molecular flexibility index (Phi) is 6.72. The van der Waals surface area contributed by atoms with E-state index in [-0.39, 0.29) is 11.9 Å². The molecule has 0 atom stereocenters. The molecule has 3 N–H and O–H groups in total. The highest BCUT2D eigenvalue weighted by atomic mass is 16.6. The highest BCUT2D eigenvalue weighted by Gasteiger charge is 2.15. The minimum Gasteiger partial charge on any atom is -0.460 e. The van der Waals surface area contributed by atoms with Crippen molar-refractivity contribution in [1.82, 2.24) is 5.32 Å². The van der Waals surface area contributed by atoms with Gasteiger partial charge in [-0.25, -0.2) is 0 Å². The van der Waals surface area contributed by atoms with E-state index >= 15 is 0 Å². The third-order valence-electron chi connectivity index (χ3n) is 1.70. The van der Waals surface area contributed by atoms with Crippen molar-refractivity contribution in [3.63, 3.8) is 0 Å². The maximum absolute atomic E-state index is 11.3. The molecule has 0 aliphatic heterocycles. The van der Waals surface area contributed by atoms with Gasteiger partial charge in [0.2, 0.25) is 5.91 Å². The number of carbonyl (C=O) groups is 2. The lowest BCUT2D eigenvalue weighted by Gasteiger charge is -2.19. The Bertz CT molecular complexity index is 234. The molecule has 0 bridgehead atoms. The second-order valence-corrected chi connectivity index (χ2v) is 4.66. The molecule has 1 amide bonds. The lowest BCUT2D eigenvalue weighted by Crippen LogP contribution is -2.27. The molecule has 0 aromatic rings. The Hall–Kier alpha value is -1.10. The molecule has 5 nitrogen and oxygen atoms in total. The van der Waals surface area contributed by atoms with Gasteiger partial charge >= 0.3 is 5.97 Å². The number of ether oxygens (including phenoxy) is 1. The number of hydrogen-bond donors (Lipinski definition) is 2. The van der Waals surface area contributed by atoms with E-state index in [0.717, 1.165) is 0 Å². The predicted molar refractivity (Wildman–Crippen MR) is 61.8 cm³/mol. The summed E-state index contributed by atoms with van der Waals surface area (Å²) in [6.07, 6.45) is 1.41. The molecule has 0 heterocycles. The van der Waals surface area contributed by atoms with Crippen LogP contribution in [0.1, 0.15) is 40.0 Å². The first kappa shape index (κ1) is 14.9. The number of nitrogens with one attached hydrogen (secondary N) is 1. The number of esters is 1. The third-order valence-corrected chi connectivity index (χ3v) is 1.70. The molecule has 0 unspecified atom stereocenters. The Labute approximate surface area is 96.7 Å². The Morgan fingerprint density at radius 2 is 1.81 bits per heavy atom. The lowest BCUT2D eigenvalue weighted by molar-refractivity contribution is -0.154. The molecule has 0 radical (unpaired) electrons. The van der Waals surface area contributed by atoms with Crippen molar-refractivity contribution in [3.8, 4) is 0 Å². The number of nitrogens with two attached hydrogens (primary N) is 1. The van der Waals surface area contributed by atoms with Crippen LogP contribution in [0, 0.1) is 0 Å². The number of amides is 1. The SMILES string of the molecule is CC(C)(C)OC(=O)CCNCCCC(N)=O. The van der Waals surface area contributed by atoms with Crippen LogP contribution in [-0.2, 0) is 14.3 Å². The lowest BCUT2D eigenvalue weighted by atomic mass is 10.2. The van der Waals surface area contributed by atoms with Crippen LogP contribution in [-0.4, -0.2) is 30.6 Å². The second-order valence-electron chi connectivity index (χ2n) is 4.66. The maximum Gasteiger partial charge on any atom is 0.307 e. The molecule has 0 saturated heterocycles. The summed E-state index contributed by atoms with van der Waals surface area (Å²) >= 11 is 0. The first-order valence-electron chi connectivity index (χ1n) is 5.52. The highest BCUT2D eigenvalue weighted by Crippen LogP contribution is 2.07. The van der Waals surface area contributed by atoms with Gasteiger partial charge in [0.25, 0.3) is 0 Å². The topological polar surface area (TPSA) is 81.4 Å². The van der Waals surface area contributed by atoms with E-state index in [1.54, 1.807) is 0 Å². The summed E-state index contributed by atoms with van der Waals surface area (Å²) in [4.78, 5) is 21.7. The van der Waals surface area contributed by atoms with Gasteiger partial charge in [0.05, 0.1) is 6.42 Å². The molecule has 0 saturated carbocycles. The van der Waals surface area contributed by atoms with Crippen LogP contribution in [0.2, 0.25) is 0 Å². The Morgan fingerprint density at radius 3 is 2.31 bits per heavy atom. The summed E-state index contributed by atoms with van der Waals surface area (Å²) in [6, 6.07) is 0. The molecule has 0 aliphatic rings. The van der Waals surface area contributed by atoms with Crippen molar-refractivity contribution in [2.75, 3.05) is 13.1 Å². The molecule has 0 aromatic carbocycles. The molecule has 0 rings (SSSR count). The van der Waals surface area contributed by atoms with E-state index in [9.17, 15) is 9.59 Å². The van der Waals surface area contributed by atoms with Gasteiger partial charge in [0.15, 0.2) is 0 Å². The summed E-state index contributed by atoms with van der Waals surface area (Å²) in [5.74, 6) is -0.510. The van der Waals surface area contributed by atoms with Gasteiger partial charge in [-0.15, -0.1) is 0 Å². The number of primary amides is 1. The summed E-state index contributed by atoms with van der Waals surface area (Å²) < 4.78 is 5.13. The fourth-order valence-electron chi connectivity index (χ4n) is 1.10. The fourth-order valence-corrected chi connectivity index (χ4v) is 1.10. The highest BCUT2D eigenvalue weighted by molar-refractivity contribution is 5.73. The maximum atomic E-state index is 11.3. The van der Waals surface area contributed by atoms with Crippen LogP contribution >= 0.6 is 0 Å². The van der Waals surface area contributed by atoms with Crippen molar-refractivity contribution >= 4 is 11.9 Å². The molecule has 0 aromatic heterocycles. The van der Waals surface area contributed by atoms with Crippen LogP contribution in [0.25, 0.3) is 0 Å². The average Bonchev–Trinajstić information content (AvgIpc) is 2.07.